The highest BCUT2D eigenvalue weighted by Crippen LogP contribution is 2.49. The number of nitrogens with one attached hydrogen (secondary N) is 1. The van der Waals surface area contributed by atoms with Gasteiger partial charge in [-0.1, -0.05) is 26.5 Å². The van der Waals surface area contributed by atoms with E-state index in [4.69, 9.17) is 10.5 Å². The van der Waals surface area contributed by atoms with Gasteiger partial charge in [0.2, 0.25) is 0 Å². The number of benzene rings is 2. The van der Waals surface area contributed by atoms with E-state index in [0.29, 0.717) is 34.4 Å². The predicted molar refractivity (Wildman–Crippen MR) is 126 cm³/mol. The summed E-state index contributed by atoms with van der Waals surface area (Å²) in [6, 6.07) is 16.1. The van der Waals surface area contributed by atoms with Crippen molar-refractivity contribution in [2.24, 2.45) is 5.41 Å². The third-order valence-corrected chi connectivity index (χ3v) is 7.14. The maximum absolute atomic E-state index is 12.5. The van der Waals surface area contributed by atoms with Crippen LogP contribution in [0.2, 0.25) is 0 Å². The van der Waals surface area contributed by atoms with Gasteiger partial charge in [-0.25, -0.2) is 0 Å². The molecule has 2 aromatic carbocycles. The van der Waals surface area contributed by atoms with Crippen molar-refractivity contribution in [3.8, 4) is 5.75 Å². The van der Waals surface area contributed by atoms with Crippen molar-refractivity contribution < 1.29 is 9.53 Å². The average Bonchev–Trinajstić information content (AvgIpc) is 3.42. The minimum absolute atomic E-state index is 0. The Morgan fingerprint density at radius 1 is 1.10 bits per heavy atom. The monoisotopic (exact) mass is 421 g/mol. The summed E-state index contributed by atoms with van der Waals surface area (Å²) >= 11 is 0. The van der Waals surface area contributed by atoms with E-state index in [1.54, 1.807) is 12.1 Å². The van der Waals surface area contributed by atoms with Gasteiger partial charge in [-0.05, 0) is 80.3 Å². The van der Waals surface area contributed by atoms with Crippen LogP contribution in [0.25, 0.3) is 0 Å². The number of ether oxygens (including phenoxy) is 1. The molecule has 2 atom stereocenters. The highest BCUT2D eigenvalue weighted by atomic mass is 16.5. The normalized spacial score (nSPS) is 26.0. The molecule has 5 heteroatoms. The molecule has 3 aliphatic rings. The van der Waals surface area contributed by atoms with Gasteiger partial charge < -0.3 is 15.8 Å². The molecule has 31 heavy (non-hydrogen) atoms. The van der Waals surface area contributed by atoms with Crippen molar-refractivity contribution >= 4 is 17.3 Å². The molecule has 1 saturated carbocycles. The quantitative estimate of drug-likeness (QED) is 0.619. The number of amides is 1. The Morgan fingerprint density at radius 2 is 1.74 bits per heavy atom. The zero-order valence-corrected chi connectivity index (χ0v) is 17.6. The van der Waals surface area contributed by atoms with Crippen molar-refractivity contribution in [3.05, 3.63) is 54.1 Å². The molecule has 0 aromatic heterocycles. The van der Waals surface area contributed by atoms with E-state index < -0.39 is 0 Å². The highest BCUT2D eigenvalue weighted by Gasteiger charge is 2.47. The SMILES string of the molecule is C.CC1(CN2C3CCC2CC(Oc2ccc(C(=O)Nc4ccccc4N)cc2)C3)CC1. The summed E-state index contributed by atoms with van der Waals surface area (Å²) in [6.07, 6.45) is 7.89. The maximum Gasteiger partial charge on any atom is 0.255 e. The van der Waals surface area contributed by atoms with Gasteiger partial charge in [0.05, 0.1) is 11.4 Å². The van der Waals surface area contributed by atoms with Gasteiger partial charge in [0.15, 0.2) is 0 Å². The van der Waals surface area contributed by atoms with Crippen LogP contribution in [0.4, 0.5) is 11.4 Å². The van der Waals surface area contributed by atoms with Gasteiger partial charge in [0, 0.05) is 24.2 Å². The molecule has 1 amide bonds. The number of anilines is 2. The molecule has 2 aromatic rings. The van der Waals surface area contributed by atoms with Crippen LogP contribution < -0.4 is 15.8 Å². The van der Waals surface area contributed by atoms with Crippen LogP contribution in [0.3, 0.4) is 0 Å². The number of nitrogens with two attached hydrogens (primary N) is 1. The topological polar surface area (TPSA) is 67.6 Å². The van der Waals surface area contributed by atoms with Crippen molar-refractivity contribution in [2.45, 2.75) is 71.1 Å². The first kappa shape index (κ1) is 21.7. The van der Waals surface area contributed by atoms with Crippen molar-refractivity contribution in [3.63, 3.8) is 0 Å². The van der Waals surface area contributed by atoms with Crippen LogP contribution in [0.1, 0.15) is 63.2 Å². The molecule has 3 fully saturated rings. The molecule has 0 radical (unpaired) electrons. The third-order valence-electron chi connectivity index (χ3n) is 7.14. The molecular formula is C26H35N3O2. The molecule has 166 valence electrons. The Morgan fingerprint density at radius 3 is 2.35 bits per heavy atom. The number of para-hydroxylation sites is 2. The second kappa shape index (κ2) is 8.54. The van der Waals surface area contributed by atoms with E-state index in [-0.39, 0.29) is 19.4 Å². The standard InChI is InChI=1S/C25H31N3O2.CH4/c1-25(12-13-25)16-28-18-8-9-19(28)15-21(14-18)30-20-10-6-17(7-11-20)24(29)27-23-5-3-2-4-22(23)26;/h2-7,10-11,18-19,21H,8-9,12-16,26H2,1H3,(H,27,29);1H4. The number of fused-ring (bicyclic) bond motifs is 2. The summed E-state index contributed by atoms with van der Waals surface area (Å²) in [5.74, 6) is 0.678. The van der Waals surface area contributed by atoms with Crippen LogP contribution in [0, 0.1) is 5.41 Å². The number of carbonyl (C=O) groups is 1. The van der Waals surface area contributed by atoms with Crippen LogP contribution in [-0.4, -0.2) is 35.5 Å². The van der Waals surface area contributed by atoms with Crippen LogP contribution >= 0.6 is 0 Å². The number of piperidine rings is 1. The van der Waals surface area contributed by atoms with Crippen LogP contribution in [-0.2, 0) is 0 Å². The van der Waals surface area contributed by atoms with Crippen molar-refractivity contribution in [1.29, 1.82) is 0 Å². The third kappa shape index (κ3) is 4.72. The zero-order valence-electron chi connectivity index (χ0n) is 17.6. The Hall–Kier alpha value is -2.53. The van der Waals surface area contributed by atoms with Gasteiger partial charge in [-0.3, -0.25) is 9.69 Å². The fraction of sp³-hybridized carbons (Fsp3) is 0.500. The van der Waals surface area contributed by atoms with E-state index in [1.807, 2.05) is 36.4 Å². The first-order valence-corrected chi connectivity index (χ1v) is 11.2. The van der Waals surface area contributed by atoms with E-state index >= 15 is 0 Å². The Bertz CT molecular complexity index is 909. The lowest BCUT2D eigenvalue weighted by atomic mass is 9.97. The number of rotatable bonds is 6. The zero-order chi connectivity index (χ0) is 20.7. The molecule has 5 nitrogen and oxygen atoms in total. The summed E-state index contributed by atoms with van der Waals surface area (Å²) in [5, 5.41) is 2.87. The molecule has 1 aliphatic carbocycles. The summed E-state index contributed by atoms with van der Waals surface area (Å²) in [6.45, 7) is 3.70. The number of carbonyl (C=O) groups excluding carboxylic acids is 1. The van der Waals surface area contributed by atoms with Gasteiger partial charge in [0.1, 0.15) is 11.9 Å². The summed E-state index contributed by atoms with van der Waals surface area (Å²) in [7, 11) is 0. The van der Waals surface area contributed by atoms with Crippen molar-refractivity contribution in [2.75, 3.05) is 17.6 Å². The molecular weight excluding hydrogens is 386 g/mol. The number of nitrogens with zero attached hydrogens (tertiary/aromatic N) is 1. The van der Waals surface area contributed by atoms with Crippen molar-refractivity contribution in [1.82, 2.24) is 4.90 Å². The van der Waals surface area contributed by atoms with Gasteiger partial charge >= 0.3 is 0 Å². The molecule has 3 N–H and O–H groups in total. The lowest BCUT2D eigenvalue weighted by Gasteiger charge is -2.40. The predicted octanol–water partition coefficient (Wildman–Crippen LogP) is 5.33. The summed E-state index contributed by atoms with van der Waals surface area (Å²) < 4.78 is 6.32. The molecule has 0 spiro atoms. The molecule has 2 unspecified atom stereocenters. The Labute approximate surface area is 186 Å². The fourth-order valence-corrected chi connectivity index (χ4v) is 5.07. The Balaban J connectivity index is 0.00000231. The fourth-order valence-electron chi connectivity index (χ4n) is 5.07. The summed E-state index contributed by atoms with van der Waals surface area (Å²) in [5.41, 5.74) is 8.27. The van der Waals surface area contributed by atoms with Crippen LogP contribution in [0.15, 0.2) is 48.5 Å². The van der Waals surface area contributed by atoms with Crippen LogP contribution in [0.5, 0.6) is 5.75 Å². The average molecular weight is 422 g/mol. The lowest BCUT2D eigenvalue weighted by molar-refractivity contribution is 0.0384. The van der Waals surface area contributed by atoms with Gasteiger partial charge in [-0.2, -0.15) is 0 Å². The van der Waals surface area contributed by atoms with Gasteiger partial charge in [-0.15, -0.1) is 0 Å². The molecule has 5 rings (SSSR count). The van der Waals surface area contributed by atoms with E-state index in [9.17, 15) is 4.79 Å². The summed E-state index contributed by atoms with van der Waals surface area (Å²) in [4.78, 5) is 15.3. The molecule has 2 aliphatic heterocycles. The largest absolute Gasteiger partial charge is 0.490 e. The number of hydrogen-bond donors (Lipinski definition) is 2. The van der Waals surface area contributed by atoms with E-state index in [1.165, 1.54) is 32.2 Å². The van der Waals surface area contributed by atoms with E-state index in [0.717, 1.165) is 18.6 Å². The second-order valence-electron chi connectivity index (χ2n) is 9.65. The first-order valence-electron chi connectivity index (χ1n) is 11.2. The second-order valence-corrected chi connectivity index (χ2v) is 9.65. The minimum atomic E-state index is -0.167. The first-order chi connectivity index (χ1) is 14.5. The number of nitrogen functional groups attached to an aromatic ring is 1. The smallest absolute Gasteiger partial charge is 0.255 e. The number of hydrogen-bond acceptors (Lipinski definition) is 4. The molecule has 2 bridgehead atoms. The van der Waals surface area contributed by atoms with E-state index in [2.05, 4.69) is 17.1 Å². The molecule has 2 heterocycles. The lowest BCUT2D eigenvalue weighted by Crippen LogP contribution is -2.48. The highest BCUT2D eigenvalue weighted by molar-refractivity contribution is 6.05. The maximum atomic E-state index is 12.5. The minimum Gasteiger partial charge on any atom is -0.490 e. The van der Waals surface area contributed by atoms with Gasteiger partial charge in [0.25, 0.3) is 5.91 Å². The Kier molecular flexibility index (Phi) is 5.98. The molecule has 2 saturated heterocycles.